The van der Waals surface area contributed by atoms with Gasteiger partial charge < -0.3 is 20.0 Å². The Hall–Kier alpha value is -0.410. The van der Waals surface area contributed by atoms with Gasteiger partial charge in [0.15, 0.2) is 5.96 Å². The zero-order valence-electron chi connectivity index (χ0n) is 12.9. The van der Waals surface area contributed by atoms with Crippen LogP contribution in [0, 0.1) is 0 Å². The summed E-state index contributed by atoms with van der Waals surface area (Å²) < 4.78 is 5.06. The third kappa shape index (κ3) is 5.07. The van der Waals surface area contributed by atoms with Crippen molar-refractivity contribution in [1.82, 2.24) is 15.5 Å². The number of nitrogens with zero attached hydrogens (tertiary/aromatic N) is 2. The Balaban J connectivity index is 0.00000220. The van der Waals surface area contributed by atoms with Crippen molar-refractivity contribution in [1.29, 1.82) is 0 Å². The normalized spacial score (nSPS) is 22.2. The van der Waals surface area contributed by atoms with Crippen molar-refractivity contribution in [2.45, 2.75) is 18.5 Å². The van der Waals surface area contributed by atoms with Crippen molar-refractivity contribution in [2.24, 2.45) is 4.99 Å². The molecule has 0 bridgehead atoms. The highest BCUT2D eigenvalue weighted by Gasteiger charge is 2.36. The Labute approximate surface area is 148 Å². The van der Waals surface area contributed by atoms with Crippen LogP contribution in [0.3, 0.4) is 0 Å². The van der Waals surface area contributed by atoms with Crippen LogP contribution >= 0.6 is 35.7 Å². The second-order valence-corrected chi connectivity index (χ2v) is 6.44. The van der Waals surface area contributed by atoms with Gasteiger partial charge in [0.2, 0.25) is 0 Å². The molecule has 7 heteroatoms. The number of halogens is 1. The number of furan rings is 1. The third-order valence-corrected chi connectivity index (χ3v) is 5.11. The monoisotopic (exact) mass is 424 g/mol. The summed E-state index contributed by atoms with van der Waals surface area (Å²) in [5.41, 5.74) is 1.35. The fourth-order valence-corrected chi connectivity index (χ4v) is 3.85. The molecule has 1 aliphatic rings. The van der Waals surface area contributed by atoms with Crippen LogP contribution in [0.15, 0.2) is 28.0 Å². The molecule has 0 radical (unpaired) electrons. The fraction of sp³-hybridized carbons (Fsp3) is 0.643. The molecular weight excluding hydrogens is 399 g/mol. The summed E-state index contributed by atoms with van der Waals surface area (Å²) in [4.78, 5) is 6.61. The predicted molar refractivity (Wildman–Crippen MR) is 101 cm³/mol. The molecule has 2 rings (SSSR count). The molecule has 120 valence electrons. The lowest BCUT2D eigenvalue weighted by Crippen LogP contribution is -2.54. The van der Waals surface area contributed by atoms with Crippen molar-refractivity contribution in [2.75, 3.05) is 39.2 Å². The van der Waals surface area contributed by atoms with Crippen LogP contribution in [0.1, 0.15) is 12.0 Å². The molecule has 5 nitrogen and oxygen atoms in total. The van der Waals surface area contributed by atoms with E-state index in [0.717, 1.165) is 24.6 Å². The number of likely N-dealkylation sites (N-methyl/N-ethyl adjacent to an activating group) is 1. The minimum Gasteiger partial charge on any atom is -0.472 e. The largest absolute Gasteiger partial charge is 0.472 e. The first-order valence-corrected chi connectivity index (χ1v) is 8.02. The molecule has 1 atom stereocenters. The summed E-state index contributed by atoms with van der Waals surface area (Å²) in [6.07, 6.45) is 4.65. The van der Waals surface area contributed by atoms with Gasteiger partial charge in [0.05, 0.1) is 12.5 Å². The van der Waals surface area contributed by atoms with Gasteiger partial charge >= 0.3 is 0 Å². The third-order valence-electron chi connectivity index (χ3n) is 3.88. The van der Waals surface area contributed by atoms with Crippen LogP contribution in [0.4, 0.5) is 0 Å². The minimum absolute atomic E-state index is 0. The topological polar surface area (TPSA) is 52.8 Å². The summed E-state index contributed by atoms with van der Waals surface area (Å²) in [5, 5.41) is 6.75. The fourth-order valence-electron chi connectivity index (χ4n) is 2.29. The number of rotatable bonds is 5. The van der Waals surface area contributed by atoms with Gasteiger partial charge in [0.1, 0.15) is 0 Å². The second-order valence-electron chi connectivity index (χ2n) is 5.33. The van der Waals surface area contributed by atoms with E-state index >= 15 is 0 Å². The first-order chi connectivity index (χ1) is 9.66. The first-order valence-electron chi connectivity index (χ1n) is 6.87. The number of nitrogens with one attached hydrogen (secondary N) is 2. The second kappa shape index (κ2) is 8.89. The predicted octanol–water partition coefficient (Wildman–Crippen LogP) is 2.00. The van der Waals surface area contributed by atoms with Crippen molar-refractivity contribution < 1.29 is 4.42 Å². The quantitative estimate of drug-likeness (QED) is 0.430. The van der Waals surface area contributed by atoms with Gasteiger partial charge in [-0.25, -0.2) is 0 Å². The van der Waals surface area contributed by atoms with Crippen LogP contribution in [0.25, 0.3) is 0 Å². The lowest BCUT2D eigenvalue weighted by Gasteiger charge is -2.36. The standard InChI is InChI=1S/C14H24N4OS.HI/c1-15-13(16-8-12-4-6-19-9-12)17-10-14(18(2)3)5-7-20-11-14;/h4,6,9H,5,7-8,10-11H2,1-3H3,(H2,15,16,17);1H. The van der Waals surface area contributed by atoms with Gasteiger partial charge in [-0.05, 0) is 32.3 Å². The van der Waals surface area contributed by atoms with Crippen molar-refractivity contribution in [3.8, 4) is 0 Å². The van der Waals surface area contributed by atoms with Crippen LogP contribution in [0.2, 0.25) is 0 Å². The first kappa shape index (κ1) is 18.6. The number of aliphatic imine (C=N–C) groups is 1. The van der Waals surface area contributed by atoms with E-state index < -0.39 is 0 Å². The molecular formula is C14H25IN4OS. The van der Waals surface area contributed by atoms with Gasteiger partial charge in [-0.1, -0.05) is 0 Å². The van der Waals surface area contributed by atoms with Crippen LogP contribution in [0.5, 0.6) is 0 Å². The van der Waals surface area contributed by atoms with Crippen LogP contribution in [-0.4, -0.2) is 55.6 Å². The van der Waals surface area contributed by atoms with E-state index in [-0.39, 0.29) is 29.5 Å². The molecule has 1 aromatic heterocycles. The molecule has 1 aromatic rings. The Morgan fingerprint density at radius 3 is 2.81 bits per heavy atom. The van der Waals surface area contributed by atoms with E-state index in [1.54, 1.807) is 19.6 Å². The Bertz CT molecular complexity index is 430. The summed E-state index contributed by atoms with van der Waals surface area (Å²) in [7, 11) is 6.13. The molecule has 0 spiro atoms. The maximum Gasteiger partial charge on any atom is 0.191 e. The van der Waals surface area contributed by atoms with E-state index in [0.29, 0.717) is 0 Å². The van der Waals surface area contributed by atoms with E-state index in [9.17, 15) is 0 Å². The maximum atomic E-state index is 5.06. The van der Waals surface area contributed by atoms with Crippen molar-refractivity contribution >= 4 is 41.7 Å². The zero-order chi connectivity index (χ0) is 14.4. The smallest absolute Gasteiger partial charge is 0.191 e. The molecule has 0 aliphatic carbocycles. The highest BCUT2D eigenvalue weighted by Crippen LogP contribution is 2.31. The molecule has 2 heterocycles. The van der Waals surface area contributed by atoms with Gasteiger partial charge in [0, 0.05) is 37.0 Å². The van der Waals surface area contributed by atoms with Crippen LogP contribution < -0.4 is 10.6 Å². The molecule has 1 unspecified atom stereocenters. The molecule has 1 fully saturated rings. The average Bonchev–Trinajstić information content (AvgIpc) is 3.10. The van der Waals surface area contributed by atoms with E-state index in [4.69, 9.17) is 4.42 Å². The van der Waals surface area contributed by atoms with Gasteiger partial charge in [-0.3, -0.25) is 4.99 Å². The highest BCUT2D eigenvalue weighted by atomic mass is 127. The Morgan fingerprint density at radius 2 is 2.29 bits per heavy atom. The average molecular weight is 424 g/mol. The Kier molecular flexibility index (Phi) is 7.89. The number of hydrogen-bond acceptors (Lipinski definition) is 4. The number of thioether (sulfide) groups is 1. The lowest BCUT2D eigenvalue weighted by molar-refractivity contribution is 0.183. The zero-order valence-corrected chi connectivity index (χ0v) is 16.0. The lowest BCUT2D eigenvalue weighted by atomic mass is 9.97. The van der Waals surface area contributed by atoms with Gasteiger partial charge in [-0.15, -0.1) is 24.0 Å². The maximum absolute atomic E-state index is 5.06. The van der Waals surface area contributed by atoms with Crippen LogP contribution in [-0.2, 0) is 6.54 Å². The molecule has 1 saturated heterocycles. The van der Waals surface area contributed by atoms with E-state index in [2.05, 4.69) is 34.6 Å². The number of hydrogen-bond donors (Lipinski definition) is 2. The van der Waals surface area contributed by atoms with E-state index in [1.165, 1.54) is 17.9 Å². The summed E-state index contributed by atoms with van der Waals surface area (Å²) in [5.74, 6) is 3.25. The van der Waals surface area contributed by atoms with Gasteiger partial charge in [0.25, 0.3) is 0 Å². The SMILES string of the molecule is CN=C(NCc1ccoc1)NCC1(N(C)C)CCSC1.I. The molecule has 2 N–H and O–H groups in total. The summed E-state index contributed by atoms with van der Waals surface area (Å²) in [6.45, 7) is 1.64. The molecule has 0 amide bonds. The Morgan fingerprint density at radius 1 is 1.48 bits per heavy atom. The van der Waals surface area contributed by atoms with Crippen molar-refractivity contribution in [3.63, 3.8) is 0 Å². The van der Waals surface area contributed by atoms with Gasteiger partial charge in [-0.2, -0.15) is 11.8 Å². The number of guanidine groups is 1. The molecule has 1 aliphatic heterocycles. The highest BCUT2D eigenvalue weighted by molar-refractivity contribution is 14.0. The minimum atomic E-state index is 0. The molecule has 0 saturated carbocycles. The van der Waals surface area contributed by atoms with E-state index in [1.807, 2.05) is 17.8 Å². The molecule has 0 aromatic carbocycles. The molecule has 21 heavy (non-hydrogen) atoms. The summed E-state index contributed by atoms with van der Waals surface area (Å²) in [6, 6.07) is 1.95. The van der Waals surface area contributed by atoms with Crippen molar-refractivity contribution in [3.05, 3.63) is 24.2 Å². The summed E-state index contributed by atoms with van der Waals surface area (Å²) >= 11 is 2.03.